The lowest BCUT2D eigenvalue weighted by Crippen LogP contribution is -2.58. The topological polar surface area (TPSA) is 46.2 Å². The minimum absolute atomic E-state index is 0.329. The molecule has 1 aliphatic rings. The second-order valence-corrected chi connectivity index (χ2v) is 14.7. The summed E-state index contributed by atoms with van der Waals surface area (Å²) in [5, 5.41) is 0. The normalized spacial score (nSPS) is 20.1. The fourth-order valence-electron chi connectivity index (χ4n) is 6.72. The third-order valence-corrected chi connectivity index (χ3v) is 10.3. The van der Waals surface area contributed by atoms with Crippen molar-refractivity contribution in [2.75, 3.05) is 6.61 Å². The molecule has 5 aromatic carbocycles. The van der Waals surface area contributed by atoms with E-state index in [1.165, 1.54) is 15.3 Å². The standard InChI is InChI=1S/C46H46O5S/c1-34-25-26-41(52-34)28-39-23-14-24-40(27-39)43-45(49-31-37-19-10-4-11-20-37)46(50-32-38-21-12-5-13-22-38)44(48-30-36-17-8-3-9-18-36)42(51-43)33-47-29-35-15-6-2-7-16-35/h2-27,42-46H,28-33H2,1H3/t42-,43+,44-,45+,46?/m1/s1. The van der Waals surface area contributed by atoms with Gasteiger partial charge in [-0.25, -0.2) is 0 Å². The van der Waals surface area contributed by atoms with Crippen LogP contribution < -0.4 is 0 Å². The summed E-state index contributed by atoms with van der Waals surface area (Å²) < 4.78 is 34.3. The molecule has 0 N–H and O–H groups in total. The maximum atomic E-state index is 7.15. The predicted molar refractivity (Wildman–Crippen MR) is 207 cm³/mol. The van der Waals surface area contributed by atoms with Crippen LogP contribution in [0.5, 0.6) is 0 Å². The molecule has 6 heteroatoms. The highest BCUT2D eigenvalue weighted by molar-refractivity contribution is 7.11. The first-order valence-corrected chi connectivity index (χ1v) is 18.9. The third kappa shape index (κ3) is 9.92. The van der Waals surface area contributed by atoms with Crippen LogP contribution >= 0.6 is 11.3 Å². The fraction of sp³-hybridized carbons (Fsp3) is 0.261. The molecule has 1 aromatic heterocycles. The van der Waals surface area contributed by atoms with Gasteiger partial charge in [-0.15, -0.1) is 11.3 Å². The Bertz CT molecular complexity index is 1910. The van der Waals surface area contributed by atoms with Crippen molar-refractivity contribution in [1.82, 2.24) is 0 Å². The van der Waals surface area contributed by atoms with E-state index < -0.39 is 30.5 Å². The summed E-state index contributed by atoms with van der Waals surface area (Å²) in [6.45, 7) is 4.17. The van der Waals surface area contributed by atoms with E-state index in [4.69, 9.17) is 23.7 Å². The maximum Gasteiger partial charge on any atom is 0.117 e. The van der Waals surface area contributed by atoms with Crippen LogP contribution in [0.2, 0.25) is 0 Å². The highest BCUT2D eigenvalue weighted by Gasteiger charge is 2.49. The fourth-order valence-corrected chi connectivity index (χ4v) is 7.64. The van der Waals surface area contributed by atoms with Crippen LogP contribution in [0.15, 0.2) is 158 Å². The molecule has 7 rings (SSSR count). The molecule has 1 fully saturated rings. The maximum absolute atomic E-state index is 7.15. The first kappa shape index (κ1) is 36.0. The molecule has 0 radical (unpaired) electrons. The van der Waals surface area contributed by atoms with Gasteiger partial charge < -0.3 is 23.7 Å². The van der Waals surface area contributed by atoms with E-state index >= 15 is 0 Å². The molecule has 0 bridgehead atoms. The molecule has 0 spiro atoms. The van der Waals surface area contributed by atoms with Gasteiger partial charge in [0.1, 0.15) is 30.5 Å². The van der Waals surface area contributed by atoms with E-state index in [0.29, 0.717) is 33.0 Å². The molecule has 1 unspecified atom stereocenters. The number of aryl methyl sites for hydroxylation is 1. The molecule has 2 heterocycles. The Balaban J connectivity index is 1.24. The second-order valence-electron chi connectivity index (χ2n) is 13.3. The minimum Gasteiger partial charge on any atom is -0.374 e. The SMILES string of the molecule is Cc1ccc(Cc2cccc([C@@H]3O[C@H](COCc4ccccc4)[C@@H](OCc4ccccc4)C(OCc4ccccc4)[C@H]3OCc3ccccc3)c2)s1. The zero-order valence-electron chi connectivity index (χ0n) is 29.6. The van der Waals surface area contributed by atoms with Crippen LogP contribution in [0.4, 0.5) is 0 Å². The van der Waals surface area contributed by atoms with Gasteiger partial charge in [0.25, 0.3) is 0 Å². The van der Waals surface area contributed by atoms with Crippen molar-refractivity contribution in [3.8, 4) is 0 Å². The lowest BCUT2D eigenvalue weighted by atomic mass is 9.89. The largest absolute Gasteiger partial charge is 0.374 e. The van der Waals surface area contributed by atoms with Gasteiger partial charge in [-0.2, -0.15) is 0 Å². The Morgan fingerprint density at radius 2 is 1.00 bits per heavy atom. The Kier molecular flexibility index (Phi) is 12.7. The first-order valence-electron chi connectivity index (χ1n) is 18.1. The lowest BCUT2D eigenvalue weighted by Gasteiger charge is -2.46. The van der Waals surface area contributed by atoms with Gasteiger partial charge in [-0.3, -0.25) is 0 Å². The van der Waals surface area contributed by atoms with Crippen LogP contribution in [0, 0.1) is 6.92 Å². The van der Waals surface area contributed by atoms with E-state index in [2.05, 4.69) is 91.9 Å². The molecular formula is C46H46O5S. The van der Waals surface area contributed by atoms with Gasteiger partial charge in [-0.05, 0) is 52.4 Å². The van der Waals surface area contributed by atoms with Crippen molar-refractivity contribution in [2.24, 2.45) is 0 Å². The number of ether oxygens (including phenoxy) is 5. The van der Waals surface area contributed by atoms with Crippen LogP contribution in [0.1, 0.15) is 49.2 Å². The second kappa shape index (κ2) is 18.4. The zero-order valence-corrected chi connectivity index (χ0v) is 30.4. The van der Waals surface area contributed by atoms with Crippen LogP contribution in [0.25, 0.3) is 0 Å². The van der Waals surface area contributed by atoms with E-state index in [9.17, 15) is 0 Å². The first-order chi connectivity index (χ1) is 25.7. The quantitative estimate of drug-likeness (QED) is 0.100. The van der Waals surface area contributed by atoms with Gasteiger partial charge in [-0.1, -0.05) is 146 Å². The summed E-state index contributed by atoms with van der Waals surface area (Å²) in [5.74, 6) is 0. The Labute approximate surface area is 311 Å². The summed E-state index contributed by atoms with van der Waals surface area (Å²) in [6, 6.07) is 54.2. The molecule has 0 amide bonds. The highest BCUT2D eigenvalue weighted by Crippen LogP contribution is 2.39. The number of rotatable bonds is 16. The van der Waals surface area contributed by atoms with Crippen LogP contribution in [-0.4, -0.2) is 31.0 Å². The molecule has 52 heavy (non-hydrogen) atoms. The van der Waals surface area contributed by atoms with Crippen molar-refractivity contribution in [3.63, 3.8) is 0 Å². The highest BCUT2D eigenvalue weighted by atomic mass is 32.1. The van der Waals surface area contributed by atoms with E-state index in [-0.39, 0.29) is 0 Å². The summed E-state index contributed by atoms with van der Waals surface area (Å²) in [5.41, 5.74) is 6.62. The van der Waals surface area contributed by atoms with E-state index in [1.807, 2.05) is 84.1 Å². The average molecular weight is 711 g/mol. The molecule has 1 aliphatic heterocycles. The van der Waals surface area contributed by atoms with Gasteiger partial charge in [0, 0.05) is 16.2 Å². The Morgan fingerprint density at radius 3 is 1.54 bits per heavy atom. The third-order valence-electron chi connectivity index (χ3n) is 9.34. The van der Waals surface area contributed by atoms with Gasteiger partial charge in [0.05, 0.1) is 33.0 Å². The van der Waals surface area contributed by atoms with Gasteiger partial charge in [0.15, 0.2) is 0 Å². The number of hydrogen-bond donors (Lipinski definition) is 0. The number of benzene rings is 5. The molecule has 5 nitrogen and oxygen atoms in total. The molecular weight excluding hydrogens is 665 g/mol. The number of hydrogen-bond acceptors (Lipinski definition) is 6. The zero-order chi connectivity index (χ0) is 35.4. The molecule has 5 atom stereocenters. The number of thiophene rings is 1. The Morgan fingerprint density at radius 1 is 0.500 bits per heavy atom. The average Bonchev–Trinajstić information content (AvgIpc) is 3.61. The van der Waals surface area contributed by atoms with Crippen LogP contribution in [0.3, 0.4) is 0 Å². The van der Waals surface area contributed by atoms with Crippen molar-refractivity contribution < 1.29 is 23.7 Å². The smallest absolute Gasteiger partial charge is 0.117 e. The minimum atomic E-state index is -0.478. The molecule has 1 saturated heterocycles. The summed E-state index contributed by atoms with van der Waals surface area (Å²) >= 11 is 1.84. The van der Waals surface area contributed by atoms with Crippen molar-refractivity contribution in [1.29, 1.82) is 0 Å². The van der Waals surface area contributed by atoms with Crippen LogP contribution in [-0.2, 0) is 56.5 Å². The van der Waals surface area contributed by atoms with E-state index in [0.717, 1.165) is 34.2 Å². The lowest BCUT2D eigenvalue weighted by molar-refractivity contribution is -0.275. The summed E-state index contributed by atoms with van der Waals surface area (Å²) in [6.07, 6.45) is -1.44. The Hall–Kier alpha value is -4.40. The molecule has 266 valence electrons. The van der Waals surface area contributed by atoms with Crippen molar-refractivity contribution in [3.05, 3.63) is 201 Å². The van der Waals surface area contributed by atoms with Crippen molar-refractivity contribution >= 4 is 11.3 Å². The van der Waals surface area contributed by atoms with Gasteiger partial charge >= 0.3 is 0 Å². The van der Waals surface area contributed by atoms with Gasteiger partial charge in [0.2, 0.25) is 0 Å². The van der Waals surface area contributed by atoms with Crippen molar-refractivity contribution in [2.45, 2.75) is 70.3 Å². The molecule has 6 aromatic rings. The van der Waals surface area contributed by atoms with E-state index in [1.54, 1.807) is 0 Å². The monoisotopic (exact) mass is 710 g/mol. The molecule has 0 saturated carbocycles. The summed E-state index contributed by atoms with van der Waals surface area (Å²) in [4.78, 5) is 2.65. The summed E-state index contributed by atoms with van der Waals surface area (Å²) in [7, 11) is 0. The predicted octanol–water partition coefficient (Wildman–Crippen LogP) is 10.1. The molecule has 0 aliphatic carbocycles.